The van der Waals surface area contributed by atoms with Crippen LogP contribution < -0.4 is 0 Å². The molecule has 0 heterocycles. The first-order chi connectivity index (χ1) is 12.3. The average Bonchev–Trinajstić information content (AvgIpc) is 2.60. The highest BCUT2D eigenvalue weighted by Crippen LogP contribution is 2.38. The van der Waals surface area contributed by atoms with Crippen LogP contribution >= 0.6 is 0 Å². The zero-order valence-electron chi connectivity index (χ0n) is 13.1. The molecule has 3 rings (SSSR count). The van der Waals surface area contributed by atoms with E-state index in [1.54, 1.807) is 12.1 Å². The molecular formula is C17H12N2O6S. The number of nitrogens with zero attached hydrogens (tertiary/aromatic N) is 2. The number of carbonyl (C=O) groups is 1. The summed E-state index contributed by atoms with van der Waals surface area (Å²) >= 11 is 0. The molecule has 9 heteroatoms. The van der Waals surface area contributed by atoms with Crippen molar-refractivity contribution in [1.82, 2.24) is 0 Å². The number of aromatic hydroxyl groups is 1. The molecule has 0 amide bonds. The van der Waals surface area contributed by atoms with Crippen molar-refractivity contribution in [1.29, 1.82) is 0 Å². The van der Waals surface area contributed by atoms with E-state index < -0.39 is 16.1 Å². The predicted octanol–water partition coefficient (Wildman–Crippen LogP) is 3.91. The largest absolute Gasteiger partial charge is 0.505 e. The first-order valence-corrected chi connectivity index (χ1v) is 8.69. The van der Waals surface area contributed by atoms with Crippen LogP contribution in [0.2, 0.25) is 0 Å². The number of hydrogen-bond donors (Lipinski definition) is 3. The fourth-order valence-electron chi connectivity index (χ4n) is 2.46. The third kappa shape index (κ3) is 3.25. The van der Waals surface area contributed by atoms with Gasteiger partial charge >= 0.3 is 5.97 Å². The van der Waals surface area contributed by atoms with Gasteiger partial charge in [0.15, 0.2) is 5.75 Å². The van der Waals surface area contributed by atoms with Crippen molar-refractivity contribution in [2.75, 3.05) is 0 Å². The van der Waals surface area contributed by atoms with Gasteiger partial charge in [0.05, 0.1) is 5.56 Å². The highest BCUT2D eigenvalue weighted by Gasteiger charge is 2.16. The highest BCUT2D eigenvalue weighted by atomic mass is 32.2. The van der Waals surface area contributed by atoms with Gasteiger partial charge < -0.3 is 10.2 Å². The minimum atomic E-state index is -4.46. The van der Waals surface area contributed by atoms with Crippen LogP contribution in [0.5, 0.6) is 5.75 Å². The number of carboxylic acid groups (broad SMARTS) is 1. The van der Waals surface area contributed by atoms with Crippen LogP contribution in [0, 0.1) is 0 Å². The van der Waals surface area contributed by atoms with Gasteiger partial charge in [0.1, 0.15) is 16.3 Å². The Bertz CT molecular complexity index is 1160. The summed E-state index contributed by atoms with van der Waals surface area (Å²) in [5, 5.41) is 27.5. The second-order valence-electron chi connectivity index (χ2n) is 5.28. The molecule has 0 aliphatic heterocycles. The first kappa shape index (κ1) is 17.5. The minimum Gasteiger partial charge on any atom is -0.505 e. The Labute approximate surface area is 147 Å². The molecule has 132 valence electrons. The molecule has 3 N–H and O–H groups in total. The Morgan fingerprint density at radius 2 is 1.54 bits per heavy atom. The lowest BCUT2D eigenvalue weighted by Crippen LogP contribution is -1.98. The van der Waals surface area contributed by atoms with E-state index in [1.165, 1.54) is 42.5 Å². The highest BCUT2D eigenvalue weighted by molar-refractivity contribution is 7.86. The summed E-state index contributed by atoms with van der Waals surface area (Å²) in [7, 11) is -4.46. The number of carboxylic acids is 1. The van der Waals surface area contributed by atoms with E-state index in [4.69, 9.17) is 5.11 Å². The summed E-state index contributed by atoms with van der Waals surface area (Å²) in [6.45, 7) is 0. The Morgan fingerprint density at radius 3 is 2.23 bits per heavy atom. The fraction of sp³-hybridized carbons (Fsp3) is 0. The van der Waals surface area contributed by atoms with Crippen LogP contribution in [0.3, 0.4) is 0 Å². The van der Waals surface area contributed by atoms with Crippen molar-refractivity contribution in [3.05, 3.63) is 60.2 Å². The number of benzene rings is 3. The van der Waals surface area contributed by atoms with Gasteiger partial charge in [-0.1, -0.05) is 30.3 Å². The molecule has 0 spiro atoms. The maximum Gasteiger partial charge on any atom is 0.337 e. The molecule has 8 nitrogen and oxygen atoms in total. The molecule has 0 unspecified atom stereocenters. The maximum atomic E-state index is 11.4. The van der Waals surface area contributed by atoms with E-state index in [0.29, 0.717) is 0 Å². The van der Waals surface area contributed by atoms with Gasteiger partial charge in [0, 0.05) is 10.8 Å². The summed E-state index contributed by atoms with van der Waals surface area (Å²) in [5.74, 6) is -1.51. The topological polar surface area (TPSA) is 137 Å². The lowest BCUT2D eigenvalue weighted by atomic mass is 10.1. The summed E-state index contributed by atoms with van der Waals surface area (Å²) < 4.78 is 32.1. The molecule has 3 aromatic carbocycles. The summed E-state index contributed by atoms with van der Waals surface area (Å²) in [4.78, 5) is 10.8. The van der Waals surface area contributed by atoms with Gasteiger partial charge in [-0.15, -0.1) is 10.2 Å². The van der Waals surface area contributed by atoms with Gasteiger partial charge in [-0.05, 0) is 24.3 Å². The minimum absolute atomic E-state index is 0.0187. The molecule has 0 saturated heterocycles. The lowest BCUT2D eigenvalue weighted by Gasteiger charge is -2.07. The van der Waals surface area contributed by atoms with Gasteiger partial charge in [-0.3, -0.25) is 4.55 Å². The molecule has 0 fully saturated rings. The normalized spacial score (nSPS) is 11.9. The zero-order valence-corrected chi connectivity index (χ0v) is 13.9. The third-order valence-corrected chi connectivity index (χ3v) is 4.56. The van der Waals surface area contributed by atoms with Gasteiger partial charge in [-0.2, -0.15) is 8.42 Å². The van der Waals surface area contributed by atoms with Crippen LogP contribution in [0.1, 0.15) is 10.4 Å². The third-order valence-electron chi connectivity index (χ3n) is 3.65. The maximum absolute atomic E-state index is 11.4. The zero-order chi connectivity index (χ0) is 18.9. The molecule has 0 saturated carbocycles. The van der Waals surface area contributed by atoms with Gasteiger partial charge in [0.25, 0.3) is 10.1 Å². The van der Waals surface area contributed by atoms with Crippen molar-refractivity contribution in [2.24, 2.45) is 10.2 Å². The molecule has 3 aromatic rings. The molecule has 0 atom stereocenters. The monoisotopic (exact) mass is 372 g/mol. The Balaban J connectivity index is 2.11. The smallest absolute Gasteiger partial charge is 0.337 e. The second kappa shape index (κ2) is 6.54. The summed E-state index contributed by atoms with van der Waals surface area (Å²) in [6, 6.07) is 12.7. The summed E-state index contributed by atoms with van der Waals surface area (Å²) in [6.07, 6.45) is 0. The Morgan fingerprint density at radius 1 is 0.846 bits per heavy atom. The molecular weight excluding hydrogens is 360 g/mol. The fourth-order valence-corrected chi connectivity index (χ4v) is 3.16. The quantitative estimate of drug-likeness (QED) is 0.469. The van der Waals surface area contributed by atoms with Crippen LogP contribution in [-0.4, -0.2) is 29.2 Å². The molecule has 0 aromatic heterocycles. The Hall–Kier alpha value is -3.30. The van der Waals surface area contributed by atoms with E-state index >= 15 is 0 Å². The molecule has 0 aliphatic carbocycles. The number of azo groups is 1. The number of phenols is 1. The molecule has 0 radical (unpaired) electrons. The first-order valence-electron chi connectivity index (χ1n) is 7.25. The van der Waals surface area contributed by atoms with Crippen molar-refractivity contribution < 1.29 is 28.0 Å². The number of hydrogen-bond acceptors (Lipinski definition) is 6. The standard InChI is InChI=1S/C17H12N2O6S/c20-16-11-5-3-7-15(26(23,24)25)10(11)8-9-14(16)19-18-13-6-2-1-4-12(13)17(21)22/h1-9,20H,(H,21,22)(H,23,24,25). The predicted molar refractivity (Wildman–Crippen MR) is 93.0 cm³/mol. The number of rotatable bonds is 4. The van der Waals surface area contributed by atoms with Crippen molar-refractivity contribution in [3.8, 4) is 5.75 Å². The molecule has 0 bridgehead atoms. The molecule has 26 heavy (non-hydrogen) atoms. The van der Waals surface area contributed by atoms with Gasteiger partial charge in [-0.25, -0.2) is 4.79 Å². The van der Waals surface area contributed by atoms with Crippen molar-refractivity contribution in [3.63, 3.8) is 0 Å². The SMILES string of the molecule is O=C(O)c1ccccc1N=Nc1ccc2c(S(=O)(=O)O)cccc2c1O. The van der Waals surface area contributed by atoms with Crippen LogP contribution in [-0.2, 0) is 10.1 Å². The number of fused-ring (bicyclic) bond motifs is 1. The van der Waals surface area contributed by atoms with Crippen LogP contribution in [0.4, 0.5) is 11.4 Å². The van der Waals surface area contributed by atoms with Crippen LogP contribution in [0.25, 0.3) is 10.8 Å². The molecule has 0 aliphatic rings. The lowest BCUT2D eigenvalue weighted by molar-refractivity contribution is 0.0697. The number of aromatic carboxylic acids is 1. The van der Waals surface area contributed by atoms with Crippen molar-refractivity contribution in [2.45, 2.75) is 4.90 Å². The van der Waals surface area contributed by atoms with Gasteiger partial charge in [0.2, 0.25) is 0 Å². The summed E-state index contributed by atoms with van der Waals surface area (Å²) in [5.41, 5.74) is 0.0709. The van der Waals surface area contributed by atoms with E-state index in [-0.39, 0.29) is 38.4 Å². The van der Waals surface area contributed by atoms with E-state index in [2.05, 4.69) is 10.2 Å². The van der Waals surface area contributed by atoms with E-state index in [9.17, 15) is 22.9 Å². The Kier molecular flexibility index (Phi) is 4.41. The van der Waals surface area contributed by atoms with E-state index in [1.807, 2.05) is 0 Å². The average molecular weight is 372 g/mol. The number of phenolic OH excluding ortho intramolecular Hbond substituents is 1. The van der Waals surface area contributed by atoms with E-state index in [0.717, 1.165) is 0 Å². The second-order valence-corrected chi connectivity index (χ2v) is 6.67. The van der Waals surface area contributed by atoms with Crippen LogP contribution in [0.15, 0.2) is 69.7 Å². The van der Waals surface area contributed by atoms with Crippen molar-refractivity contribution >= 4 is 38.2 Å².